The first-order valence-electron chi connectivity index (χ1n) is 8.71. The first kappa shape index (κ1) is 17.8. The van der Waals surface area contributed by atoms with Gasteiger partial charge in [-0.25, -0.2) is 19.7 Å². The number of fused-ring (bicyclic) bond motifs is 1. The number of rotatable bonds is 5. The Morgan fingerprint density at radius 3 is 2.62 bits per heavy atom. The molecule has 136 valence electrons. The SMILES string of the molecule is Cc1nc2ccc(NC(=O)NCc3cncn3CC(C)C)cc2nc1C. The predicted molar refractivity (Wildman–Crippen MR) is 102 cm³/mol. The molecule has 0 aliphatic rings. The first-order valence-corrected chi connectivity index (χ1v) is 8.71. The van der Waals surface area contributed by atoms with Gasteiger partial charge in [0.15, 0.2) is 0 Å². The minimum Gasteiger partial charge on any atom is -0.333 e. The average Bonchev–Trinajstić information content (AvgIpc) is 3.00. The predicted octanol–water partition coefficient (Wildman–Crippen LogP) is 3.42. The van der Waals surface area contributed by atoms with Gasteiger partial charge in [0.05, 0.1) is 41.0 Å². The maximum absolute atomic E-state index is 12.2. The van der Waals surface area contributed by atoms with E-state index < -0.39 is 0 Å². The second-order valence-electron chi connectivity index (χ2n) is 6.84. The Labute approximate surface area is 152 Å². The molecule has 0 radical (unpaired) electrons. The number of carbonyl (C=O) groups excluding carboxylic acids is 1. The molecule has 26 heavy (non-hydrogen) atoms. The fraction of sp³-hybridized carbons (Fsp3) is 0.368. The van der Waals surface area contributed by atoms with Gasteiger partial charge in [-0.15, -0.1) is 0 Å². The van der Waals surface area contributed by atoms with Crippen LogP contribution in [0.1, 0.15) is 30.9 Å². The Bertz CT molecular complexity index is 931. The summed E-state index contributed by atoms with van der Waals surface area (Å²) >= 11 is 0. The number of hydrogen-bond acceptors (Lipinski definition) is 4. The van der Waals surface area contributed by atoms with Crippen LogP contribution in [0, 0.1) is 19.8 Å². The van der Waals surface area contributed by atoms with E-state index in [9.17, 15) is 4.79 Å². The number of anilines is 1. The lowest BCUT2D eigenvalue weighted by molar-refractivity contribution is 0.251. The lowest BCUT2D eigenvalue weighted by Gasteiger charge is -2.12. The monoisotopic (exact) mass is 352 g/mol. The molecular formula is C19H24N6O. The van der Waals surface area contributed by atoms with Crippen molar-refractivity contribution in [3.05, 3.63) is 47.8 Å². The third kappa shape index (κ3) is 4.17. The van der Waals surface area contributed by atoms with Gasteiger partial charge in [0.1, 0.15) is 0 Å². The zero-order valence-corrected chi connectivity index (χ0v) is 15.6. The van der Waals surface area contributed by atoms with Crippen molar-refractivity contribution in [1.29, 1.82) is 0 Å². The molecule has 2 N–H and O–H groups in total. The Morgan fingerprint density at radius 1 is 1.15 bits per heavy atom. The Morgan fingerprint density at radius 2 is 1.88 bits per heavy atom. The summed E-state index contributed by atoms with van der Waals surface area (Å²) in [7, 11) is 0. The minimum absolute atomic E-state index is 0.265. The van der Waals surface area contributed by atoms with E-state index in [0.717, 1.165) is 34.7 Å². The molecule has 2 aromatic heterocycles. The van der Waals surface area contributed by atoms with Crippen LogP contribution < -0.4 is 10.6 Å². The molecule has 3 aromatic rings. The van der Waals surface area contributed by atoms with Crippen LogP contribution in [-0.2, 0) is 13.1 Å². The van der Waals surface area contributed by atoms with E-state index in [0.29, 0.717) is 18.2 Å². The summed E-state index contributed by atoms with van der Waals surface area (Å²) < 4.78 is 2.06. The standard InChI is InChI=1S/C19H24N6O/c1-12(2)10-25-11-20-8-16(25)9-21-19(26)24-15-5-6-17-18(7-15)23-14(4)13(3)22-17/h5-8,11-12H,9-10H2,1-4H3,(H2,21,24,26). The lowest BCUT2D eigenvalue weighted by Crippen LogP contribution is -2.29. The summed E-state index contributed by atoms with van der Waals surface area (Å²) in [6.07, 6.45) is 3.57. The number of nitrogens with one attached hydrogen (secondary N) is 2. The molecule has 0 bridgehead atoms. The van der Waals surface area contributed by atoms with Crippen molar-refractivity contribution in [2.45, 2.75) is 40.8 Å². The van der Waals surface area contributed by atoms with E-state index in [1.807, 2.05) is 32.0 Å². The van der Waals surface area contributed by atoms with E-state index >= 15 is 0 Å². The molecule has 0 spiro atoms. The van der Waals surface area contributed by atoms with E-state index in [1.165, 1.54) is 0 Å². The van der Waals surface area contributed by atoms with Crippen LogP contribution in [0.25, 0.3) is 11.0 Å². The van der Waals surface area contributed by atoms with Crippen LogP contribution >= 0.6 is 0 Å². The summed E-state index contributed by atoms with van der Waals surface area (Å²) in [6.45, 7) is 9.46. The van der Waals surface area contributed by atoms with Crippen molar-refractivity contribution in [3.63, 3.8) is 0 Å². The number of benzene rings is 1. The van der Waals surface area contributed by atoms with Crippen molar-refractivity contribution >= 4 is 22.8 Å². The quantitative estimate of drug-likeness (QED) is 0.737. The molecule has 2 heterocycles. The Balaban J connectivity index is 1.64. The van der Waals surface area contributed by atoms with Gasteiger partial charge in [-0.3, -0.25) is 0 Å². The van der Waals surface area contributed by atoms with Crippen molar-refractivity contribution in [1.82, 2.24) is 24.8 Å². The van der Waals surface area contributed by atoms with Gasteiger partial charge in [-0.2, -0.15) is 0 Å². The summed E-state index contributed by atoms with van der Waals surface area (Å²) in [6, 6.07) is 5.26. The maximum Gasteiger partial charge on any atom is 0.319 e. The number of aryl methyl sites for hydroxylation is 2. The topological polar surface area (TPSA) is 84.7 Å². The molecule has 0 aliphatic carbocycles. The van der Waals surface area contributed by atoms with Gasteiger partial charge in [0.25, 0.3) is 0 Å². The molecule has 7 heteroatoms. The number of aromatic nitrogens is 4. The average molecular weight is 352 g/mol. The molecule has 0 aliphatic heterocycles. The highest BCUT2D eigenvalue weighted by molar-refractivity contribution is 5.91. The van der Waals surface area contributed by atoms with E-state index in [4.69, 9.17) is 0 Å². The number of imidazole rings is 1. The molecule has 2 amide bonds. The molecule has 0 atom stereocenters. The number of nitrogens with zero attached hydrogens (tertiary/aromatic N) is 4. The minimum atomic E-state index is -0.265. The highest BCUT2D eigenvalue weighted by Crippen LogP contribution is 2.17. The molecule has 0 saturated carbocycles. The van der Waals surface area contributed by atoms with Crippen molar-refractivity contribution in [2.24, 2.45) is 5.92 Å². The summed E-state index contributed by atoms with van der Waals surface area (Å²) in [5.41, 5.74) is 5.04. The van der Waals surface area contributed by atoms with Gasteiger partial charge in [0, 0.05) is 18.4 Å². The van der Waals surface area contributed by atoms with Crippen LogP contribution in [-0.4, -0.2) is 25.6 Å². The van der Waals surface area contributed by atoms with Gasteiger partial charge < -0.3 is 15.2 Å². The van der Waals surface area contributed by atoms with Crippen molar-refractivity contribution in [2.75, 3.05) is 5.32 Å². The Kier molecular flexibility index (Phi) is 5.16. The number of amides is 2. The first-order chi connectivity index (χ1) is 12.4. The molecule has 0 saturated heterocycles. The molecule has 1 aromatic carbocycles. The number of urea groups is 1. The van der Waals surface area contributed by atoms with Crippen molar-refractivity contribution < 1.29 is 4.79 Å². The third-order valence-corrected chi connectivity index (χ3v) is 4.12. The zero-order valence-electron chi connectivity index (χ0n) is 15.6. The highest BCUT2D eigenvalue weighted by atomic mass is 16.2. The number of hydrogen-bond donors (Lipinski definition) is 2. The molecular weight excluding hydrogens is 328 g/mol. The Hall–Kier alpha value is -2.96. The second kappa shape index (κ2) is 7.51. The summed E-state index contributed by atoms with van der Waals surface area (Å²) in [4.78, 5) is 25.4. The van der Waals surface area contributed by atoms with Gasteiger partial charge in [-0.05, 0) is 38.0 Å². The van der Waals surface area contributed by atoms with Gasteiger partial charge in [-0.1, -0.05) is 13.8 Å². The van der Waals surface area contributed by atoms with Crippen LogP contribution in [0.4, 0.5) is 10.5 Å². The fourth-order valence-corrected chi connectivity index (χ4v) is 2.71. The third-order valence-electron chi connectivity index (χ3n) is 4.12. The molecule has 0 fully saturated rings. The smallest absolute Gasteiger partial charge is 0.319 e. The van der Waals surface area contributed by atoms with Gasteiger partial charge in [0.2, 0.25) is 0 Å². The number of carbonyl (C=O) groups is 1. The van der Waals surface area contributed by atoms with E-state index in [-0.39, 0.29) is 6.03 Å². The fourth-order valence-electron chi connectivity index (χ4n) is 2.71. The molecule has 7 nitrogen and oxygen atoms in total. The van der Waals surface area contributed by atoms with E-state index in [1.54, 1.807) is 12.5 Å². The maximum atomic E-state index is 12.2. The summed E-state index contributed by atoms with van der Waals surface area (Å²) in [5, 5.41) is 5.71. The lowest BCUT2D eigenvalue weighted by atomic mass is 10.2. The summed E-state index contributed by atoms with van der Waals surface area (Å²) in [5.74, 6) is 0.516. The zero-order chi connectivity index (χ0) is 18.7. The molecule has 0 unspecified atom stereocenters. The van der Waals surface area contributed by atoms with Gasteiger partial charge >= 0.3 is 6.03 Å². The van der Waals surface area contributed by atoms with Crippen LogP contribution in [0.5, 0.6) is 0 Å². The van der Waals surface area contributed by atoms with Crippen LogP contribution in [0.15, 0.2) is 30.7 Å². The van der Waals surface area contributed by atoms with E-state index in [2.05, 4.69) is 44.0 Å². The molecule has 3 rings (SSSR count). The second-order valence-corrected chi connectivity index (χ2v) is 6.84. The normalized spacial score (nSPS) is 11.1. The highest BCUT2D eigenvalue weighted by Gasteiger charge is 2.08. The largest absolute Gasteiger partial charge is 0.333 e. The van der Waals surface area contributed by atoms with Crippen LogP contribution in [0.3, 0.4) is 0 Å². The van der Waals surface area contributed by atoms with Crippen LogP contribution in [0.2, 0.25) is 0 Å². The van der Waals surface area contributed by atoms with Crippen molar-refractivity contribution in [3.8, 4) is 0 Å².